The second-order valence-electron chi connectivity index (χ2n) is 8.24. The van der Waals surface area contributed by atoms with Crippen LogP contribution in [0.4, 0.5) is 5.82 Å². The van der Waals surface area contributed by atoms with Gasteiger partial charge < -0.3 is 14.5 Å². The summed E-state index contributed by atoms with van der Waals surface area (Å²) in [6.07, 6.45) is 0. The highest BCUT2D eigenvalue weighted by Crippen LogP contribution is 2.31. The SMILES string of the molecule is Cc1cc(C)c(-c2ccc(N3CCN(C(=O)COc4cccc(Cl)c4Cl)CC3)nn2)cc1C. The smallest absolute Gasteiger partial charge is 0.260 e. The van der Waals surface area contributed by atoms with Crippen molar-refractivity contribution in [3.8, 4) is 17.0 Å². The van der Waals surface area contributed by atoms with E-state index in [1.54, 1.807) is 23.1 Å². The number of anilines is 1. The summed E-state index contributed by atoms with van der Waals surface area (Å²) in [5, 5.41) is 9.64. The number of aromatic nitrogens is 2. The Morgan fingerprint density at radius 3 is 2.36 bits per heavy atom. The molecule has 1 aromatic heterocycles. The molecule has 0 unspecified atom stereocenters. The molecular weight excluding hydrogens is 459 g/mol. The van der Waals surface area contributed by atoms with E-state index in [0.29, 0.717) is 42.0 Å². The van der Waals surface area contributed by atoms with E-state index in [2.05, 4.69) is 48.0 Å². The van der Waals surface area contributed by atoms with Gasteiger partial charge >= 0.3 is 0 Å². The highest BCUT2D eigenvalue weighted by molar-refractivity contribution is 6.42. The highest BCUT2D eigenvalue weighted by atomic mass is 35.5. The molecule has 1 aliphatic rings. The number of carbonyl (C=O) groups is 1. The van der Waals surface area contributed by atoms with Gasteiger partial charge in [-0.3, -0.25) is 4.79 Å². The second kappa shape index (κ2) is 9.98. The van der Waals surface area contributed by atoms with Gasteiger partial charge in [0.15, 0.2) is 12.4 Å². The lowest BCUT2D eigenvalue weighted by Crippen LogP contribution is -2.50. The van der Waals surface area contributed by atoms with Crippen LogP contribution < -0.4 is 9.64 Å². The zero-order valence-electron chi connectivity index (χ0n) is 18.9. The van der Waals surface area contributed by atoms with Gasteiger partial charge in [-0.25, -0.2) is 0 Å². The Balaban J connectivity index is 1.33. The van der Waals surface area contributed by atoms with Gasteiger partial charge in [-0.1, -0.05) is 35.3 Å². The largest absolute Gasteiger partial charge is 0.482 e. The Morgan fingerprint density at radius 2 is 1.67 bits per heavy atom. The molecule has 3 aromatic rings. The zero-order valence-corrected chi connectivity index (χ0v) is 20.5. The van der Waals surface area contributed by atoms with Crippen molar-refractivity contribution in [2.75, 3.05) is 37.7 Å². The fourth-order valence-electron chi connectivity index (χ4n) is 3.89. The zero-order chi connectivity index (χ0) is 23.5. The first-order valence-electron chi connectivity index (χ1n) is 10.8. The molecular formula is C25H26Cl2N4O2. The summed E-state index contributed by atoms with van der Waals surface area (Å²) in [7, 11) is 0. The summed E-state index contributed by atoms with van der Waals surface area (Å²) >= 11 is 12.1. The van der Waals surface area contributed by atoms with Crippen molar-refractivity contribution >= 4 is 34.9 Å². The number of piperazine rings is 1. The van der Waals surface area contributed by atoms with Crippen molar-refractivity contribution in [3.05, 3.63) is 69.2 Å². The van der Waals surface area contributed by atoms with E-state index in [1.807, 2.05) is 12.1 Å². The minimum absolute atomic E-state index is 0.0795. The summed E-state index contributed by atoms with van der Waals surface area (Å²) in [4.78, 5) is 16.5. The first-order chi connectivity index (χ1) is 15.8. The normalized spacial score (nSPS) is 13.8. The van der Waals surface area contributed by atoms with E-state index >= 15 is 0 Å². The topological polar surface area (TPSA) is 58.6 Å². The van der Waals surface area contributed by atoms with Gasteiger partial charge in [0, 0.05) is 31.7 Å². The first kappa shape index (κ1) is 23.3. The molecule has 0 spiro atoms. The Labute approximate surface area is 204 Å². The summed E-state index contributed by atoms with van der Waals surface area (Å²) in [6, 6.07) is 13.5. The molecule has 1 saturated heterocycles. The number of carbonyl (C=O) groups excluding carboxylic acids is 1. The molecule has 0 saturated carbocycles. The number of hydrogen-bond acceptors (Lipinski definition) is 5. The van der Waals surface area contributed by atoms with Gasteiger partial charge in [0.2, 0.25) is 0 Å². The molecule has 4 rings (SSSR count). The van der Waals surface area contributed by atoms with Crippen LogP contribution in [0.3, 0.4) is 0 Å². The van der Waals surface area contributed by atoms with Crippen molar-refractivity contribution in [2.45, 2.75) is 20.8 Å². The van der Waals surface area contributed by atoms with Crippen LogP contribution in [0.25, 0.3) is 11.3 Å². The van der Waals surface area contributed by atoms with Crippen LogP contribution >= 0.6 is 23.2 Å². The summed E-state index contributed by atoms with van der Waals surface area (Å²) in [5.41, 5.74) is 5.67. The van der Waals surface area contributed by atoms with Crippen molar-refractivity contribution in [1.29, 1.82) is 0 Å². The van der Waals surface area contributed by atoms with Crippen molar-refractivity contribution in [2.24, 2.45) is 0 Å². The Bertz CT molecular complexity index is 1160. The third kappa shape index (κ3) is 5.23. The molecule has 2 aromatic carbocycles. The van der Waals surface area contributed by atoms with Crippen LogP contribution in [-0.4, -0.2) is 53.8 Å². The lowest BCUT2D eigenvalue weighted by atomic mass is 9.99. The Morgan fingerprint density at radius 1 is 0.939 bits per heavy atom. The number of hydrogen-bond donors (Lipinski definition) is 0. The average molecular weight is 485 g/mol. The standard InChI is InChI=1S/C25H26Cl2N4O2/c1-16-13-18(3)19(14-17(16)2)21-7-8-23(29-28-21)30-9-11-31(12-10-30)24(32)15-33-22-6-4-5-20(26)25(22)27/h4-8,13-14H,9-12,15H2,1-3H3. The average Bonchev–Trinajstić information content (AvgIpc) is 2.82. The molecule has 8 heteroatoms. The third-order valence-corrected chi connectivity index (χ3v) is 6.79. The quantitative estimate of drug-likeness (QED) is 0.503. The molecule has 1 fully saturated rings. The lowest BCUT2D eigenvalue weighted by molar-refractivity contribution is -0.133. The van der Waals surface area contributed by atoms with Crippen LogP contribution in [0, 0.1) is 20.8 Å². The van der Waals surface area contributed by atoms with Gasteiger partial charge in [0.05, 0.1) is 10.7 Å². The van der Waals surface area contributed by atoms with Crippen LogP contribution in [0.15, 0.2) is 42.5 Å². The van der Waals surface area contributed by atoms with Gasteiger partial charge in [-0.2, -0.15) is 0 Å². The maximum absolute atomic E-state index is 12.6. The minimum Gasteiger partial charge on any atom is -0.482 e. The number of ether oxygens (including phenoxy) is 1. The molecule has 172 valence electrons. The van der Waals surface area contributed by atoms with E-state index in [-0.39, 0.29) is 12.5 Å². The summed E-state index contributed by atoms with van der Waals surface area (Å²) in [5.74, 6) is 1.14. The third-order valence-electron chi connectivity index (χ3n) is 5.99. The van der Waals surface area contributed by atoms with E-state index in [9.17, 15) is 4.79 Å². The molecule has 0 radical (unpaired) electrons. The highest BCUT2D eigenvalue weighted by Gasteiger charge is 2.23. The fourth-order valence-corrected chi connectivity index (χ4v) is 4.23. The predicted molar refractivity (Wildman–Crippen MR) is 132 cm³/mol. The van der Waals surface area contributed by atoms with E-state index in [0.717, 1.165) is 17.1 Å². The van der Waals surface area contributed by atoms with E-state index < -0.39 is 0 Å². The van der Waals surface area contributed by atoms with Crippen LogP contribution in [0.5, 0.6) is 5.75 Å². The van der Waals surface area contributed by atoms with Gasteiger partial charge in [0.25, 0.3) is 5.91 Å². The molecule has 0 N–H and O–H groups in total. The lowest BCUT2D eigenvalue weighted by Gasteiger charge is -2.35. The van der Waals surface area contributed by atoms with Crippen molar-refractivity contribution in [3.63, 3.8) is 0 Å². The number of amides is 1. The summed E-state index contributed by atoms with van der Waals surface area (Å²) < 4.78 is 5.58. The Hall–Kier alpha value is -2.83. The van der Waals surface area contributed by atoms with Crippen molar-refractivity contribution < 1.29 is 9.53 Å². The van der Waals surface area contributed by atoms with Gasteiger partial charge in [-0.15, -0.1) is 10.2 Å². The number of halogens is 2. The Kier molecular flexibility index (Phi) is 7.05. The van der Waals surface area contributed by atoms with Gasteiger partial charge in [-0.05, 0) is 67.8 Å². The molecule has 0 atom stereocenters. The van der Waals surface area contributed by atoms with Crippen LogP contribution in [0.2, 0.25) is 10.0 Å². The molecule has 0 bridgehead atoms. The van der Waals surface area contributed by atoms with Gasteiger partial charge in [0.1, 0.15) is 10.8 Å². The molecule has 2 heterocycles. The minimum atomic E-state index is -0.0858. The molecule has 1 amide bonds. The number of benzene rings is 2. The molecule has 0 aliphatic carbocycles. The van der Waals surface area contributed by atoms with Crippen LogP contribution in [-0.2, 0) is 4.79 Å². The maximum atomic E-state index is 12.6. The number of nitrogens with zero attached hydrogens (tertiary/aromatic N) is 4. The van der Waals surface area contributed by atoms with E-state index in [1.165, 1.54) is 16.7 Å². The number of aryl methyl sites for hydroxylation is 3. The maximum Gasteiger partial charge on any atom is 0.260 e. The molecule has 33 heavy (non-hydrogen) atoms. The van der Waals surface area contributed by atoms with E-state index in [4.69, 9.17) is 27.9 Å². The predicted octanol–water partition coefficient (Wildman–Crippen LogP) is 5.10. The fraction of sp³-hybridized carbons (Fsp3) is 0.320. The molecule has 1 aliphatic heterocycles. The first-order valence-corrected chi connectivity index (χ1v) is 11.6. The summed E-state index contributed by atoms with van der Waals surface area (Å²) in [6.45, 7) is 8.78. The number of rotatable bonds is 5. The van der Waals surface area contributed by atoms with Crippen LogP contribution in [0.1, 0.15) is 16.7 Å². The monoisotopic (exact) mass is 484 g/mol. The second-order valence-corrected chi connectivity index (χ2v) is 9.02. The molecule has 6 nitrogen and oxygen atoms in total. The van der Waals surface area contributed by atoms with Crippen molar-refractivity contribution in [1.82, 2.24) is 15.1 Å².